The van der Waals surface area contributed by atoms with Crippen molar-refractivity contribution in [2.75, 3.05) is 19.7 Å². The van der Waals surface area contributed by atoms with Gasteiger partial charge in [0.2, 0.25) is 0 Å². The third-order valence-corrected chi connectivity index (χ3v) is 3.94. The molecule has 0 aliphatic carbocycles. The van der Waals surface area contributed by atoms with E-state index in [-0.39, 0.29) is 0 Å². The van der Waals surface area contributed by atoms with Crippen LogP contribution in [0.2, 0.25) is 0 Å². The van der Waals surface area contributed by atoms with Crippen LogP contribution in [-0.2, 0) is 4.74 Å². The van der Waals surface area contributed by atoms with E-state index in [4.69, 9.17) is 4.74 Å². The maximum atomic E-state index is 5.81. The van der Waals surface area contributed by atoms with Gasteiger partial charge in [-0.05, 0) is 51.9 Å². The van der Waals surface area contributed by atoms with E-state index in [0.29, 0.717) is 12.1 Å². The molecule has 0 spiro atoms. The van der Waals surface area contributed by atoms with Crippen molar-refractivity contribution in [2.45, 2.75) is 60.1 Å². The predicted molar refractivity (Wildman–Crippen MR) is 74.2 cm³/mol. The molecule has 1 aliphatic heterocycles. The third kappa shape index (κ3) is 4.97. The first-order chi connectivity index (χ1) is 7.90. The maximum absolute atomic E-state index is 5.81. The first-order valence-corrected chi connectivity index (χ1v) is 7.25. The van der Waals surface area contributed by atoms with Crippen molar-refractivity contribution in [1.82, 2.24) is 4.90 Å². The number of hydrogen-bond donors (Lipinski definition) is 0. The van der Waals surface area contributed by atoms with Gasteiger partial charge in [-0.1, -0.05) is 13.8 Å². The minimum Gasteiger partial charge on any atom is -0.378 e. The van der Waals surface area contributed by atoms with Crippen LogP contribution in [-0.4, -0.2) is 36.7 Å². The van der Waals surface area contributed by atoms with Crippen LogP contribution in [0.15, 0.2) is 0 Å². The van der Waals surface area contributed by atoms with E-state index in [2.05, 4.69) is 46.4 Å². The molecule has 17 heavy (non-hydrogen) atoms. The van der Waals surface area contributed by atoms with Crippen LogP contribution >= 0.6 is 0 Å². The van der Waals surface area contributed by atoms with Gasteiger partial charge in [0, 0.05) is 19.1 Å². The Labute approximate surface area is 108 Å². The Hall–Kier alpha value is -0.0800. The second-order valence-corrected chi connectivity index (χ2v) is 6.54. The lowest BCUT2D eigenvalue weighted by Crippen LogP contribution is -2.46. The molecular formula is C15H31NO. The minimum absolute atomic E-state index is 0.363. The Bertz CT molecular complexity index is 197. The summed E-state index contributed by atoms with van der Waals surface area (Å²) in [6, 6.07) is 0.665. The van der Waals surface area contributed by atoms with Crippen molar-refractivity contribution < 1.29 is 4.74 Å². The Morgan fingerprint density at radius 3 is 2.18 bits per heavy atom. The maximum Gasteiger partial charge on any atom is 0.0519 e. The molecular weight excluding hydrogens is 210 g/mol. The highest BCUT2D eigenvalue weighted by atomic mass is 16.5. The molecule has 102 valence electrons. The van der Waals surface area contributed by atoms with E-state index in [1.807, 2.05) is 0 Å². The molecule has 0 aromatic rings. The van der Waals surface area contributed by atoms with Crippen LogP contribution in [0.5, 0.6) is 0 Å². The smallest absolute Gasteiger partial charge is 0.0519 e. The van der Waals surface area contributed by atoms with Crippen LogP contribution in [0.4, 0.5) is 0 Å². The monoisotopic (exact) mass is 241 g/mol. The first kappa shape index (κ1) is 15.0. The quantitative estimate of drug-likeness (QED) is 0.731. The highest BCUT2D eigenvalue weighted by Crippen LogP contribution is 2.28. The molecule has 1 heterocycles. The summed E-state index contributed by atoms with van der Waals surface area (Å²) >= 11 is 0. The average molecular weight is 241 g/mol. The van der Waals surface area contributed by atoms with Gasteiger partial charge in [0.15, 0.2) is 0 Å². The van der Waals surface area contributed by atoms with E-state index in [1.54, 1.807) is 0 Å². The fraction of sp³-hybridized carbons (Fsp3) is 1.00. The van der Waals surface area contributed by atoms with Gasteiger partial charge in [0.1, 0.15) is 0 Å². The number of piperidine rings is 1. The normalized spacial score (nSPS) is 27.4. The summed E-state index contributed by atoms with van der Waals surface area (Å²) in [6.45, 7) is 17.0. The summed E-state index contributed by atoms with van der Waals surface area (Å²) in [5.41, 5.74) is 0. The van der Waals surface area contributed by atoms with Gasteiger partial charge >= 0.3 is 0 Å². The van der Waals surface area contributed by atoms with Crippen molar-refractivity contribution in [3.63, 3.8) is 0 Å². The van der Waals surface area contributed by atoms with Gasteiger partial charge < -0.3 is 9.64 Å². The van der Waals surface area contributed by atoms with Gasteiger partial charge in [0.05, 0.1) is 12.7 Å². The zero-order chi connectivity index (χ0) is 13.0. The molecule has 0 aromatic heterocycles. The van der Waals surface area contributed by atoms with E-state index in [0.717, 1.165) is 24.4 Å². The number of ether oxygens (including phenoxy) is 1. The van der Waals surface area contributed by atoms with Crippen LogP contribution in [0.1, 0.15) is 48.0 Å². The van der Waals surface area contributed by atoms with Crippen molar-refractivity contribution in [1.29, 1.82) is 0 Å². The van der Waals surface area contributed by atoms with Crippen LogP contribution in [0.3, 0.4) is 0 Å². The van der Waals surface area contributed by atoms with Gasteiger partial charge in [-0.3, -0.25) is 0 Å². The molecule has 1 saturated heterocycles. The van der Waals surface area contributed by atoms with E-state index < -0.39 is 0 Å². The van der Waals surface area contributed by atoms with Crippen molar-refractivity contribution in [3.05, 3.63) is 0 Å². The van der Waals surface area contributed by atoms with Gasteiger partial charge in [-0.15, -0.1) is 0 Å². The first-order valence-electron chi connectivity index (χ1n) is 7.25. The minimum atomic E-state index is 0.363. The Morgan fingerprint density at radius 1 is 1.06 bits per heavy atom. The summed E-state index contributed by atoms with van der Waals surface area (Å²) < 4.78 is 5.81. The topological polar surface area (TPSA) is 12.5 Å². The van der Waals surface area contributed by atoms with Crippen LogP contribution in [0, 0.1) is 17.8 Å². The lowest BCUT2D eigenvalue weighted by atomic mass is 9.82. The summed E-state index contributed by atoms with van der Waals surface area (Å²) in [5, 5.41) is 0. The van der Waals surface area contributed by atoms with Crippen molar-refractivity contribution >= 4 is 0 Å². The summed E-state index contributed by atoms with van der Waals surface area (Å²) in [5.74, 6) is 2.35. The Balaban J connectivity index is 2.52. The van der Waals surface area contributed by atoms with Gasteiger partial charge in [-0.2, -0.15) is 0 Å². The molecule has 2 unspecified atom stereocenters. The number of nitrogens with zero attached hydrogens (tertiary/aromatic N) is 1. The third-order valence-electron chi connectivity index (χ3n) is 3.94. The van der Waals surface area contributed by atoms with Crippen LogP contribution < -0.4 is 0 Å². The van der Waals surface area contributed by atoms with E-state index in [9.17, 15) is 0 Å². The summed E-state index contributed by atoms with van der Waals surface area (Å²) in [7, 11) is 0. The predicted octanol–water partition coefficient (Wildman–Crippen LogP) is 3.41. The van der Waals surface area contributed by atoms with E-state index in [1.165, 1.54) is 19.5 Å². The molecule has 1 rings (SSSR count). The zero-order valence-corrected chi connectivity index (χ0v) is 12.6. The molecule has 0 aromatic carbocycles. The second-order valence-electron chi connectivity index (χ2n) is 6.54. The molecule has 0 bridgehead atoms. The summed E-state index contributed by atoms with van der Waals surface area (Å²) in [6.07, 6.45) is 1.70. The molecule has 1 aliphatic rings. The van der Waals surface area contributed by atoms with Crippen molar-refractivity contribution in [2.24, 2.45) is 17.8 Å². The van der Waals surface area contributed by atoms with E-state index >= 15 is 0 Å². The van der Waals surface area contributed by atoms with Gasteiger partial charge in [0.25, 0.3) is 0 Å². The molecule has 0 N–H and O–H groups in total. The Kier molecular flexibility index (Phi) is 5.94. The SMILES string of the molecule is CC(C)OCC1CC(C(C)C)CN(C(C)C)C1. The molecule has 2 heteroatoms. The number of hydrogen-bond acceptors (Lipinski definition) is 2. The van der Waals surface area contributed by atoms with Gasteiger partial charge in [-0.25, -0.2) is 0 Å². The molecule has 2 nitrogen and oxygen atoms in total. The van der Waals surface area contributed by atoms with Crippen molar-refractivity contribution in [3.8, 4) is 0 Å². The standard InChI is InChI=1S/C15H31NO/c1-11(2)15-7-14(10-17-13(5)6)8-16(9-15)12(3)4/h11-15H,7-10H2,1-6H3. The molecule has 0 amide bonds. The fourth-order valence-electron chi connectivity index (χ4n) is 2.64. The highest BCUT2D eigenvalue weighted by Gasteiger charge is 2.30. The summed E-state index contributed by atoms with van der Waals surface area (Å²) in [4.78, 5) is 2.63. The molecule has 1 fully saturated rings. The lowest BCUT2D eigenvalue weighted by molar-refractivity contribution is -0.00109. The molecule has 2 atom stereocenters. The second kappa shape index (κ2) is 6.75. The lowest BCUT2D eigenvalue weighted by Gasteiger charge is -2.41. The number of rotatable bonds is 5. The average Bonchev–Trinajstić information content (AvgIpc) is 2.25. The Morgan fingerprint density at radius 2 is 1.71 bits per heavy atom. The largest absolute Gasteiger partial charge is 0.378 e. The molecule has 0 saturated carbocycles. The van der Waals surface area contributed by atoms with Crippen LogP contribution in [0.25, 0.3) is 0 Å². The fourth-order valence-corrected chi connectivity index (χ4v) is 2.64. The highest BCUT2D eigenvalue weighted by molar-refractivity contribution is 4.82. The number of likely N-dealkylation sites (tertiary alicyclic amines) is 1. The zero-order valence-electron chi connectivity index (χ0n) is 12.6. The molecule has 0 radical (unpaired) electrons.